The number of para-hydroxylation sites is 1. The Morgan fingerprint density at radius 1 is 1.00 bits per heavy atom. The van der Waals surface area contributed by atoms with E-state index >= 15 is 0 Å². The minimum Gasteiger partial charge on any atom is -0.341 e. The minimum absolute atomic E-state index is 0.201. The van der Waals surface area contributed by atoms with Crippen molar-refractivity contribution in [2.75, 3.05) is 0 Å². The molecule has 2 nitrogen and oxygen atoms in total. The molecule has 1 heterocycles. The van der Waals surface area contributed by atoms with Gasteiger partial charge in [-0.25, -0.2) is 0 Å². The molecule has 0 fully saturated rings. The largest absolute Gasteiger partial charge is 0.341 e. The van der Waals surface area contributed by atoms with Crippen LogP contribution in [0.2, 0.25) is 0 Å². The van der Waals surface area contributed by atoms with E-state index in [9.17, 15) is 4.79 Å². The molecule has 0 N–H and O–H groups in total. The predicted molar refractivity (Wildman–Crippen MR) is 82.0 cm³/mol. The average Bonchev–Trinajstić information content (AvgIpc) is 2.84. The van der Waals surface area contributed by atoms with Crippen molar-refractivity contribution in [2.24, 2.45) is 7.05 Å². The zero-order chi connectivity index (χ0) is 13.9. The Hall–Kier alpha value is -2.35. The topological polar surface area (TPSA) is 22.0 Å². The maximum absolute atomic E-state index is 12.4. The molecule has 0 bridgehead atoms. The molecule has 0 saturated carbocycles. The van der Waals surface area contributed by atoms with Gasteiger partial charge in [-0.15, -0.1) is 0 Å². The summed E-state index contributed by atoms with van der Waals surface area (Å²) in [6.45, 7) is 0. The molecule has 1 aromatic heterocycles. The van der Waals surface area contributed by atoms with E-state index < -0.39 is 0 Å². The molecule has 3 aromatic rings. The van der Waals surface area contributed by atoms with Gasteiger partial charge in [0.25, 0.3) is 0 Å². The number of ketones is 1. The lowest BCUT2D eigenvalue weighted by Crippen LogP contribution is -2.06. The van der Waals surface area contributed by atoms with Gasteiger partial charge in [0, 0.05) is 24.4 Å². The molecule has 0 saturated heterocycles. The Morgan fingerprint density at radius 2 is 1.70 bits per heavy atom. The van der Waals surface area contributed by atoms with Crippen LogP contribution in [0.3, 0.4) is 0 Å². The highest BCUT2D eigenvalue weighted by molar-refractivity contribution is 6.00. The monoisotopic (exact) mass is 263 g/mol. The van der Waals surface area contributed by atoms with Gasteiger partial charge in [0.05, 0.1) is 5.69 Å². The summed E-state index contributed by atoms with van der Waals surface area (Å²) >= 11 is 0. The summed E-state index contributed by atoms with van der Waals surface area (Å²) < 4.78 is 1.99. The van der Waals surface area contributed by atoms with Crippen molar-refractivity contribution in [2.45, 2.75) is 12.8 Å². The van der Waals surface area contributed by atoms with Gasteiger partial charge in [0.2, 0.25) is 0 Å². The molecule has 20 heavy (non-hydrogen) atoms. The summed E-state index contributed by atoms with van der Waals surface area (Å²) in [7, 11) is 1.96. The van der Waals surface area contributed by atoms with E-state index in [1.165, 1.54) is 5.56 Å². The SMILES string of the molecule is Cn1c(C(=O)CCc2ccccc2)cc2ccccc21. The lowest BCUT2D eigenvalue weighted by atomic mass is 10.1. The number of hydrogen-bond acceptors (Lipinski definition) is 1. The lowest BCUT2D eigenvalue weighted by molar-refractivity contribution is 0.0975. The first-order chi connectivity index (χ1) is 9.75. The third kappa shape index (κ3) is 2.37. The number of carbonyl (C=O) groups excluding carboxylic acids is 1. The highest BCUT2D eigenvalue weighted by atomic mass is 16.1. The van der Waals surface area contributed by atoms with E-state index in [0.29, 0.717) is 6.42 Å². The lowest BCUT2D eigenvalue weighted by Gasteiger charge is -2.04. The second kappa shape index (κ2) is 5.33. The Morgan fingerprint density at radius 3 is 2.45 bits per heavy atom. The summed E-state index contributed by atoms with van der Waals surface area (Å²) in [5.41, 5.74) is 3.11. The fraction of sp³-hybridized carbons (Fsp3) is 0.167. The quantitative estimate of drug-likeness (QED) is 0.652. The zero-order valence-corrected chi connectivity index (χ0v) is 11.5. The molecule has 0 aliphatic carbocycles. The van der Waals surface area contributed by atoms with Gasteiger partial charge in [-0.3, -0.25) is 4.79 Å². The molecular weight excluding hydrogens is 246 g/mol. The van der Waals surface area contributed by atoms with Gasteiger partial charge in [-0.1, -0.05) is 48.5 Å². The second-order valence-electron chi connectivity index (χ2n) is 5.06. The molecule has 0 atom stereocenters. The number of fused-ring (bicyclic) bond motifs is 1. The van der Waals surface area contributed by atoms with E-state index in [0.717, 1.165) is 23.0 Å². The van der Waals surface area contributed by atoms with Gasteiger partial charge in [-0.05, 0) is 24.1 Å². The van der Waals surface area contributed by atoms with Crippen LogP contribution in [-0.2, 0) is 13.5 Å². The Labute approximate surface area is 118 Å². The normalized spacial score (nSPS) is 10.8. The first-order valence-corrected chi connectivity index (χ1v) is 6.87. The fourth-order valence-corrected chi connectivity index (χ4v) is 2.59. The van der Waals surface area contributed by atoms with E-state index in [1.807, 2.05) is 60.1 Å². The molecule has 0 unspecified atom stereocenters. The molecule has 0 aliphatic rings. The summed E-state index contributed by atoms with van der Waals surface area (Å²) in [6, 6.07) is 20.2. The molecule has 2 aromatic carbocycles. The van der Waals surface area contributed by atoms with Gasteiger partial charge in [-0.2, -0.15) is 0 Å². The third-order valence-corrected chi connectivity index (χ3v) is 3.72. The Balaban J connectivity index is 1.81. The van der Waals surface area contributed by atoms with Crippen LogP contribution in [0.15, 0.2) is 60.7 Å². The molecule has 3 rings (SSSR count). The number of rotatable bonds is 4. The number of Topliss-reactive ketones (excluding diaryl/α,β-unsaturated/α-hetero) is 1. The molecule has 0 radical (unpaired) electrons. The van der Waals surface area contributed by atoms with Crippen molar-refractivity contribution in [1.29, 1.82) is 0 Å². The van der Waals surface area contributed by atoms with Crippen LogP contribution < -0.4 is 0 Å². The van der Waals surface area contributed by atoms with E-state index in [-0.39, 0.29) is 5.78 Å². The van der Waals surface area contributed by atoms with Crippen molar-refractivity contribution in [3.63, 3.8) is 0 Å². The van der Waals surface area contributed by atoms with Crippen LogP contribution in [0, 0.1) is 0 Å². The molecule has 0 spiro atoms. The summed E-state index contributed by atoms with van der Waals surface area (Å²) in [5, 5.41) is 1.12. The highest BCUT2D eigenvalue weighted by Crippen LogP contribution is 2.19. The number of carbonyl (C=O) groups is 1. The van der Waals surface area contributed by atoms with Crippen molar-refractivity contribution in [3.8, 4) is 0 Å². The van der Waals surface area contributed by atoms with Crippen LogP contribution in [-0.4, -0.2) is 10.4 Å². The van der Waals surface area contributed by atoms with E-state index in [2.05, 4.69) is 12.1 Å². The number of nitrogens with zero attached hydrogens (tertiary/aromatic N) is 1. The minimum atomic E-state index is 0.201. The van der Waals surface area contributed by atoms with Crippen molar-refractivity contribution < 1.29 is 4.79 Å². The summed E-state index contributed by atoms with van der Waals surface area (Å²) in [6.07, 6.45) is 1.34. The van der Waals surface area contributed by atoms with Crippen LogP contribution in [0.1, 0.15) is 22.5 Å². The van der Waals surface area contributed by atoms with Gasteiger partial charge < -0.3 is 4.57 Å². The number of benzene rings is 2. The Kier molecular flexibility index (Phi) is 3.38. The Bertz CT molecular complexity index is 740. The third-order valence-electron chi connectivity index (χ3n) is 3.72. The summed E-state index contributed by atoms with van der Waals surface area (Å²) in [4.78, 5) is 12.4. The van der Waals surface area contributed by atoms with Crippen LogP contribution in [0.4, 0.5) is 0 Å². The fourth-order valence-electron chi connectivity index (χ4n) is 2.59. The molecule has 0 amide bonds. The van der Waals surface area contributed by atoms with Crippen LogP contribution >= 0.6 is 0 Å². The first-order valence-electron chi connectivity index (χ1n) is 6.87. The van der Waals surface area contributed by atoms with E-state index in [1.54, 1.807) is 0 Å². The van der Waals surface area contributed by atoms with Crippen molar-refractivity contribution in [1.82, 2.24) is 4.57 Å². The average molecular weight is 263 g/mol. The van der Waals surface area contributed by atoms with Gasteiger partial charge in [0.15, 0.2) is 5.78 Å². The predicted octanol–water partition coefficient (Wildman–Crippen LogP) is 3.99. The molecule has 0 aliphatic heterocycles. The van der Waals surface area contributed by atoms with Gasteiger partial charge >= 0.3 is 0 Å². The van der Waals surface area contributed by atoms with E-state index in [4.69, 9.17) is 0 Å². The number of aromatic nitrogens is 1. The maximum atomic E-state index is 12.4. The zero-order valence-electron chi connectivity index (χ0n) is 11.5. The highest BCUT2D eigenvalue weighted by Gasteiger charge is 2.12. The van der Waals surface area contributed by atoms with Crippen molar-refractivity contribution in [3.05, 3.63) is 71.9 Å². The molecule has 2 heteroatoms. The standard InChI is InChI=1S/C18H17NO/c1-19-16-10-6-5-9-15(16)13-17(19)18(20)12-11-14-7-3-2-4-8-14/h2-10,13H,11-12H2,1H3. The molecular formula is C18H17NO. The smallest absolute Gasteiger partial charge is 0.179 e. The van der Waals surface area contributed by atoms with Gasteiger partial charge in [0.1, 0.15) is 0 Å². The van der Waals surface area contributed by atoms with Crippen LogP contribution in [0.25, 0.3) is 10.9 Å². The van der Waals surface area contributed by atoms with Crippen molar-refractivity contribution >= 4 is 16.7 Å². The summed E-state index contributed by atoms with van der Waals surface area (Å²) in [5.74, 6) is 0.201. The van der Waals surface area contributed by atoms with Crippen LogP contribution in [0.5, 0.6) is 0 Å². The maximum Gasteiger partial charge on any atom is 0.179 e. The number of hydrogen-bond donors (Lipinski definition) is 0. The first kappa shape index (κ1) is 12.7. The number of aryl methyl sites for hydroxylation is 2. The molecule has 100 valence electrons. The second-order valence-corrected chi connectivity index (χ2v) is 5.06.